The highest BCUT2D eigenvalue weighted by atomic mass is 32.2. The van der Waals surface area contributed by atoms with Gasteiger partial charge in [0.2, 0.25) is 5.89 Å². The Bertz CT molecular complexity index is 424. The number of nitrogens with zero attached hydrogens (tertiary/aromatic N) is 3. The normalized spacial score (nSPS) is 10.4. The quantitative estimate of drug-likeness (QED) is 0.558. The average molecular weight is 207 g/mol. The summed E-state index contributed by atoms with van der Waals surface area (Å²) in [5, 5.41) is 0.747. The van der Waals surface area contributed by atoms with E-state index in [0.29, 0.717) is 5.89 Å². The first-order chi connectivity index (χ1) is 6.79. The van der Waals surface area contributed by atoms with Crippen LogP contribution in [0.4, 0.5) is 0 Å². The van der Waals surface area contributed by atoms with E-state index in [1.54, 1.807) is 18.7 Å². The molecular weight excluding hydrogens is 198 g/mol. The standard InChI is InChI=1S/C9H9N3OS/c1-6-5-13-8(12-6)7-3-10-9(14-2)11-4-7/h3-5H,1-2H3. The molecule has 0 atom stereocenters. The Labute approximate surface area is 85.8 Å². The molecule has 14 heavy (non-hydrogen) atoms. The van der Waals surface area contributed by atoms with Gasteiger partial charge in [-0.2, -0.15) is 0 Å². The minimum atomic E-state index is 0.565. The van der Waals surface area contributed by atoms with Crippen molar-refractivity contribution in [3.05, 3.63) is 24.4 Å². The van der Waals surface area contributed by atoms with Crippen molar-refractivity contribution in [2.24, 2.45) is 0 Å². The van der Waals surface area contributed by atoms with E-state index in [-0.39, 0.29) is 0 Å². The SMILES string of the molecule is CSc1ncc(-c2nc(C)co2)cn1. The predicted molar refractivity (Wildman–Crippen MR) is 54.0 cm³/mol. The van der Waals surface area contributed by atoms with Gasteiger partial charge in [0.05, 0.1) is 11.3 Å². The van der Waals surface area contributed by atoms with Crippen LogP contribution in [0.3, 0.4) is 0 Å². The third kappa shape index (κ3) is 1.77. The van der Waals surface area contributed by atoms with Crippen LogP contribution in [0.25, 0.3) is 11.5 Å². The van der Waals surface area contributed by atoms with Gasteiger partial charge in [0.25, 0.3) is 0 Å². The summed E-state index contributed by atoms with van der Waals surface area (Å²) in [6, 6.07) is 0. The Morgan fingerprint density at radius 3 is 2.50 bits per heavy atom. The topological polar surface area (TPSA) is 51.8 Å². The lowest BCUT2D eigenvalue weighted by Crippen LogP contribution is -1.86. The molecule has 0 aliphatic heterocycles. The number of hydrogen-bond donors (Lipinski definition) is 0. The number of rotatable bonds is 2. The molecule has 2 rings (SSSR count). The van der Waals surface area contributed by atoms with Gasteiger partial charge in [-0.1, -0.05) is 11.8 Å². The zero-order chi connectivity index (χ0) is 9.97. The Hall–Kier alpha value is -1.36. The van der Waals surface area contributed by atoms with Crippen molar-refractivity contribution in [2.45, 2.75) is 12.1 Å². The fraction of sp³-hybridized carbons (Fsp3) is 0.222. The smallest absolute Gasteiger partial charge is 0.229 e. The lowest BCUT2D eigenvalue weighted by molar-refractivity contribution is 0.572. The second-order valence-corrected chi connectivity index (χ2v) is 3.53. The molecule has 2 aromatic heterocycles. The molecule has 0 spiro atoms. The van der Waals surface area contributed by atoms with E-state index in [1.807, 2.05) is 13.2 Å². The Morgan fingerprint density at radius 2 is 2.00 bits per heavy atom. The van der Waals surface area contributed by atoms with E-state index in [4.69, 9.17) is 4.42 Å². The maximum absolute atomic E-state index is 5.23. The van der Waals surface area contributed by atoms with Crippen molar-refractivity contribution in [1.29, 1.82) is 0 Å². The molecule has 0 N–H and O–H groups in total. The summed E-state index contributed by atoms with van der Waals surface area (Å²) in [6.07, 6.45) is 6.97. The van der Waals surface area contributed by atoms with E-state index in [2.05, 4.69) is 15.0 Å². The summed E-state index contributed by atoms with van der Waals surface area (Å²) in [4.78, 5) is 12.5. The predicted octanol–water partition coefficient (Wildman–Crippen LogP) is 2.16. The van der Waals surface area contributed by atoms with E-state index in [0.717, 1.165) is 16.4 Å². The van der Waals surface area contributed by atoms with Crippen LogP contribution in [0.1, 0.15) is 5.69 Å². The average Bonchev–Trinajstić information content (AvgIpc) is 2.65. The van der Waals surface area contributed by atoms with Crippen molar-refractivity contribution < 1.29 is 4.42 Å². The van der Waals surface area contributed by atoms with E-state index in [1.165, 1.54) is 11.8 Å². The molecule has 4 nitrogen and oxygen atoms in total. The van der Waals surface area contributed by atoms with Crippen molar-refractivity contribution >= 4 is 11.8 Å². The lowest BCUT2D eigenvalue weighted by atomic mass is 10.3. The Kier molecular flexibility index (Phi) is 2.49. The van der Waals surface area contributed by atoms with Crippen molar-refractivity contribution in [1.82, 2.24) is 15.0 Å². The third-order valence-electron chi connectivity index (χ3n) is 1.68. The first-order valence-electron chi connectivity index (χ1n) is 4.08. The maximum Gasteiger partial charge on any atom is 0.229 e. The summed E-state index contributed by atoms with van der Waals surface area (Å²) < 4.78 is 5.23. The monoisotopic (exact) mass is 207 g/mol. The van der Waals surface area contributed by atoms with Crippen molar-refractivity contribution in [3.63, 3.8) is 0 Å². The van der Waals surface area contributed by atoms with Gasteiger partial charge >= 0.3 is 0 Å². The molecule has 0 aliphatic carbocycles. The molecule has 5 heteroatoms. The van der Waals surface area contributed by atoms with Crippen LogP contribution < -0.4 is 0 Å². The molecule has 2 aromatic rings. The van der Waals surface area contributed by atoms with Crippen molar-refractivity contribution in [2.75, 3.05) is 6.26 Å². The molecule has 72 valence electrons. The number of aryl methyl sites for hydroxylation is 1. The fourth-order valence-corrected chi connectivity index (χ4v) is 1.33. The van der Waals surface area contributed by atoms with Crippen LogP contribution in [0, 0.1) is 6.92 Å². The molecule has 0 unspecified atom stereocenters. The summed E-state index contributed by atoms with van der Waals surface area (Å²) in [5.74, 6) is 0.565. The highest BCUT2D eigenvalue weighted by Crippen LogP contribution is 2.17. The summed E-state index contributed by atoms with van der Waals surface area (Å²) in [7, 11) is 0. The third-order valence-corrected chi connectivity index (χ3v) is 2.25. The van der Waals surface area contributed by atoms with Gasteiger partial charge in [-0.05, 0) is 13.2 Å². The van der Waals surface area contributed by atoms with Crippen LogP contribution in [-0.4, -0.2) is 21.2 Å². The summed E-state index contributed by atoms with van der Waals surface area (Å²) in [5.41, 5.74) is 1.66. The molecule has 0 fully saturated rings. The zero-order valence-corrected chi connectivity index (χ0v) is 8.71. The molecular formula is C9H9N3OS. The summed E-state index contributed by atoms with van der Waals surface area (Å²) in [6.45, 7) is 1.88. The first kappa shape index (κ1) is 9.21. The van der Waals surface area contributed by atoms with Gasteiger partial charge in [0.1, 0.15) is 6.26 Å². The number of thioether (sulfide) groups is 1. The fourth-order valence-electron chi connectivity index (χ4n) is 1.02. The van der Waals surface area contributed by atoms with Crippen LogP contribution in [0.15, 0.2) is 28.2 Å². The second kappa shape index (κ2) is 3.79. The van der Waals surface area contributed by atoms with Crippen LogP contribution in [0.2, 0.25) is 0 Å². The van der Waals surface area contributed by atoms with Gasteiger partial charge < -0.3 is 4.42 Å². The molecule has 0 bridgehead atoms. The van der Waals surface area contributed by atoms with E-state index >= 15 is 0 Å². The zero-order valence-electron chi connectivity index (χ0n) is 7.89. The van der Waals surface area contributed by atoms with Gasteiger partial charge in [0.15, 0.2) is 5.16 Å². The highest BCUT2D eigenvalue weighted by Gasteiger charge is 2.05. The molecule has 0 aliphatic rings. The highest BCUT2D eigenvalue weighted by molar-refractivity contribution is 7.98. The van der Waals surface area contributed by atoms with Crippen LogP contribution >= 0.6 is 11.8 Å². The van der Waals surface area contributed by atoms with E-state index < -0.39 is 0 Å². The lowest BCUT2D eigenvalue weighted by Gasteiger charge is -1.95. The first-order valence-corrected chi connectivity index (χ1v) is 5.30. The number of oxazole rings is 1. The molecule has 0 saturated carbocycles. The van der Waals surface area contributed by atoms with Gasteiger partial charge in [-0.3, -0.25) is 0 Å². The Balaban J connectivity index is 2.33. The molecule has 2 heterocycles. The summed E-state index contributed by atoms with van der Waals surface area (Å²) >= 11 is 1.50. The minimum Gasteiger partial charge on any atom is -0.444 e. The molecule has 0 amide bonds. The van der Waals surface area contributed by atoms with Gasteiger partial charge in [-0.15, -0.1) is 0 Å². The molecule has 0 saturated heterocycles. The largest absolute Gasteiger partial charge is 0.444 e. The molecule has 0 radical (unpaired) electrons. The van der Waals surface area contributed by atoms with Crippen LogP contribution in [-0.2, 0) is 0 Å². The number of hydrogen-bond acceptors (Lipinski definition) is 5. The molecule has 0 aromatic carbocycles. The van der Waals surface area contributed by atoms with Gasteiger partial charge in [0, 0.05) is 12.4 Å². The second-order valence-electron chi connectivity index (χ2n) is 2.75. The van der Waals surface area contributed by atoms with Crippen molar-refractivity contribution in [3.8, 4) is 11.5 Å². The van der Waals surface area contributed by atoms with E-state index in [9.17, 15) is 0 Å². The van der Waals surface area contributed by atoms with Crippen LogP contribution in [0.5, 0.6) is 0 Å². The van der Waals surface area contributed by atoms with Gasteiger partial charge in [-0.25, -0.2) is 15.0 Å². The minimum absolute atomic E-state index is 0.565. The Morgan fingerprint density at radius 1 is 1.29 bits per heavy atom. The number of aromatic nitrogens is 3. The maximum atomic E-state index is 5.23.